The van der Waals surface area contributed by atoms with Crippen molar-refractivity contribution in [2.45, 2.75) is 0 Å². The van der Waals surface area contributed by atoms with E-state index in [-0.39, 0.29) is 34.6 Å². The van der Waals surface area contributed by atoms with Gasteiger partial charge in [0.15, 0.2) is 5.03 Å². The van der Waals surface area contributed by atoms with Gasteiger partial charge in [-0.3, -0.25) is 0 Å². The molecular formula is C2H6N3NaO3. The van der Waals surface area contributed by atoms with Crippen LogP contribution >= 0.6 is 0 Å². The molecule has 9 heavy (non-hydrogen) atoms. The van der Waals surface area contributed by atoms with Crippen molar-refractivity contribution in [3.63, 3.8) is 0 Å². The number of amides is 2. The Morgan fingerprint density at radius 2 is 2.11 bits per heavy atom. The van der Waals surface area contributed by atoms with Crippen molar-refractivity contribution in [1.29, 1.82) is 0 Å². The summed E-state index contributed by atoms with van der Waals surface area (Å²) >= 11 is 0. The maximum absolute atomic E-state index is 9.85. The number of primary amides is 1. The van der Waals surface area contributed by atoms with E-state index in [1.807, 2.05) is 0 Å². The minimum absolute atomic E-state index is 0. The van der Waals surface area contributed by atoms with Crippen molar-refractivity contribution in [2.75, 3.05) is 7.05 Å². The summed E-state index contributed by atoms with van der Waals surface area (Å²) in [5.74, 6) is 0. The van der Waals surface area contributed by atoms with Gasteiger partial charge >= 0.3 is 35.6 Å². The Kier molecular flexibility index (Phi) is 5.78. The van der Waals surface area contributed by atoms with Crippen molar-refractivity contribution in [3.05, 3.63) is 10.1 Å². The standard InChI is InChI=1S/C2H5N3O3.Na.H/c1-4(2(3)6)5(7)8;;/h1H3,(H2,3,6);;. The Hall–Kier alpha value is -0.330. The summed E-state index contributed by atoms with van der Waals surface area (Å²) in [5.41, 5.74) is 4.48. The minimum atomic E-state index is -1.07. The van der Waals surface area contributed by atoms with Crippen LogP contribution in [0.25, 0.3) is 0 Å². The molecule has 0 rings (SSSR count). The molecule has 0 fully saturated rings. The second-order valence-electron chi connectivity index (χ2n) is 1.10. The molecule has 0 atom stereocenters. The number of hydrogen-bond acceptors (Lipinski definition) is 3. The fraction of sp³-hybridized carbons (Fsp3) is 0.500. The van der Waals surface area contributed by atoms with Crippen LogP contribution < -0.4 is 5.73 Å². The second-order valence-corrected chi connectivity index (χ2v) is 1.10. The molecule has 0 bridgehead atoms. The molecule has 0 saturated heterocycles. The average Bonchev–Trinajstić information content (AvgIpc) is 1.64. The Morgan fingerprint density at radius 1 is 1.78 bits per heavy atom. The van der Waals surface area contributed by atoms with E-state index < -0.39 is 11.1 Å². The fourth-order valence-electron chi connectivity index (χ4n) is 0.0805. The molecule has 0 radical (unpaired) electrons. The molecule has 0 aromatic carbocycles. The molecule has 0 saturated carbocycles. The summed E-state index contributed by atoms with van der Waals surface area (Å²) in [4.78, 5) is 19.4. The summed E-state index contributed by atoms with van der Waals surface area (Å²) in [6.07, 6.45) is 0. The van der Waals surface area contributed by atoms with Gasteiger partial charge in [-0.25, -0.2) is 14.9 Å². The van der Waals surface area contributed by atoms with E-state index in [2.05, 4.69) is 5.73 Å². The molecule has 0 aliphatic heterocycles. The van der Waals surface area contributed by atoms with E-state index in [4.69, 9.17) is 0 Å². The zero-order valence-corrected chi connectivity index (χ0v) is 4.20. The van der Waals surface area contributed by atoms with Crippen LogP contribution in [0.5, 0.6) is 0 Å². The van der Waals surface area contributed by atoms with Gasteiger partial charge in [-0.1, -0.05) is 0 Å². The van der Waals surface area contributed by atoms with Crippen LogP contribution in [-0.2, 0) is 0 Å². The molecule has 0 aliphatic rings. The number of nitrogens with zero attached hydrogens (tertiary/aromatic N) is 2. The van der Waals surface area contributed by atoms with Crippen molar-refractivity contribution in [1.82, 2.24) is 5.01 Å². The molecule has 0 unspecified atom stereocenters. The SMILES string of the molecule is CN(C(N)=O)[N+](=O)[O-].[NaH]. The Balaban J connectivity index is 0. The van der Waals surface area contributed by atoms with Crippen LogP contribution in [0.2, 0.25) is 0 Å². The predicted octanol–water partition coefficient (Wildman–Crippen LogP) is -1.46. The summed E-state index contributed by atoms with van der Waals surface area (Å²) in [7, 11) is 0.975. The molecule has 0 aromatic heterocycles. The average molecular weight is 143 g/mol. The third-order valence-electron chi connectivity index (χ3n) is 0.564. The van der Waals surface area contributed by atoms with Crippen molar-refractivity contribution in [3.8, 4) is 0 Å². The quantitative estimate of drug-likeness (QED) is 0.276. The third-order valence-corrected chi connectivity index (χ3v) is 0.564. The van der Waals surface area contributed by atoms with Crippen LogP contribution in [0, 0.1) is 10.1 Å². The molecule has 0 heterocycles. The molecule has 0 aliphatic carbocycles. The van der Waals surface area contributed by atoms with Crippen LogP contribution in [-0.4, -0.2) is 52.7 Å². The molecule has 2 amide bonds. The number of urea groups is 1. The van der Waals surface area contributed by atoms with Gasteiger partial charge in [0, 0.05) is 0 Å². The second kappa shape index (κ2) is 4.54. The zero-order chi connectivity index (χ0) is 6.73. The van der Waals surface area contributed by atoms with E-state index >= 15 is 0 Å². The normalized spacial score (nSPS) is 7.22. The van der Waals surface area contributed by atoms with E-state index in [9.17, 15) is 14.9 Å². The molecular weight excluding hydrogens is 137 g/mol. The molecule has 7 heteroatoms. The van der Waals surface area contributed by atoms with Gasteiger partial charge in [0.05, 0.1) is 7.05 Å². The fourth-order valence-corrected chi connectivity index (χ4v) is 0.0805. The first kappa shape index (κ1) is 11.5. The summed E-state index contributed by atoms with van der Waals surface area (Å²) in [6.45, 7) is 0. The van der Waals surface area contributed by atoms with Crippen molar-refractivity contribution < 1.29 is 9.83 Å². The Morgan fingerprint density at radius 3 is 2.11 bits per heavy atom. The number of hydrazine groups is 1. The molecule has 0 aromatic rings. The van der Waals surface area contributed by atoms with E-state index in [0.717, 1.165) is 7.05 Å². The first-order valence-corrected chi connectivity index (χ1v) is 1.73. The summed E-state index contributed by atoms with van der Waals surface area (Å²) < 4.78 is 0. The summed E-state index contributed by atoms with van der Waals surface area (Å²) in [6, 6.07) is -1.07. The van der Waals surface area contributed by atoms with Gasteiger partial charge in [-0.2, -0.15) is 0 Å². The van der Waals surface area contributed by atoms with Crippen LogP contribution in [0.1, 0.15) is 0 Å². The Labute approximate surface area is 73.4 Å². The van der Waals surface area contributed by atoms with Gasteiger partial charge in [-0.15, -0.1) is 0 Å². The van der Waals surface area contributed by atoms with Crippen LogP contribution in [0.4, 0.5) is 4.79 Å². The van der Waals surface area contributed by atoms with Crippen LogP contribution in [0.3, 0.4) is 0 Å². The molecule has 48 valence electrons. The number of nitro groups is 1. The molecule has 6 nitrogen and oxygen atoms in total. The van der Waals surface area contributed by atoms with Crippen LogP contribution in [0.15, 0.2) is 0 Å². The van der Waals surface area contributed by atoms with Gasteiger partial charge in [0.2, 0.25) is 0 Å². The molecule has 0 spiro atoms. The van der Waals surface area contributed by atoms with Gasteiger partial charge in [-0.05, 0) is 5.01 Å². The zero-order valence-electron chi connectivity index (χ0n) is 4.20. The number of rotatable bonds is 1. The number of hydrogen-bond donors (Lipinski definition) is 1. The van der Waals surface area contributed by atoms with Gasteiger partial charge in [0.1, 0.15) is 0 Å². The van der Waals surface area contributed by atoms with Gasteiger partial charge < -0.3 is 5.73 Å². The monoisotopic (exact) mass is 143 g/mol. The third kappa shape index (κ3) is 4.19. The predicted molar refractivity (Wildman–Crippen MR) is 31.5 cm³/mol. The maximum atomic E-state index is 9.85. The van der Waals surface area contributed by atoms with Crippen molar-refractivity contribution >= 4 is 35.6 Å². The van der Waals surface area contributed by atoms with E-state index in [1.165, 1.54) is 0 Å². The van der Waals surface area contributed by atoms with Crippen molar-refractivity contribution in [2.24, 2.45) is 5.73 Å². The molecule has 2 N–H and O–H groups in total. The first-order chi connectivity index (χ1) is 3.55. The van der Waals surface area contributed by atoms with Gasteiger partial charge in [0.25, 0.3) is 0 Å². The van der Waals surface area contributed by atoms with E-state index in [1.54, 1.807) is 0 Å². The first-order valence-electron chi connectivity index (χ1n) is 1.73. The number of nitrogens with two attached hydrogens (primary N) is 1. The van der Waals surface area contributed by atoms with E-state index in [0.29, 0.717) is 0 Å². The Bertz CT molecular complexity index is 112. The number of carbonyl (C=O) groups is 1. The topological polar surface area (TPSA) is 89.5 Å². The number of carbonyl (C=O) groups excluding carboxylic acids is 1. The summed E-state index contributed by atoms with van der Waals surface area (Å²) in [5, 5.41) is 8.87.